The number of benzene rings is 1. The van der Waals surface area contributed by atoms with Crippen molar-refractivity contribution in [2.24, 2.45) is 5.92 Å². The highest BCUT2D eigenvalue weighted by atomic mass is 32.2. The molecule has 0 saturated carbocycles. The van der Waals surface area contributed by atoms with Gasteiger partial charge in [-0.2, -0.15) is 0 Å². The minimum atomic E-state index is -3.72. The highest BCUT2D eigenvalue weighted by Gasteiger charge is 2.24. The van der Waals surface area contributed by atoms with Gasteiger partial charge < -0.3 is 5.11 Å². The van der Waals surface area contributed by atoms with Crippen LogP contribution in [0.4, 0.5) is 5.69 Å². The van der Waals surface area contributed by atoms with Gasteiger partial charge in [-0.1, -0.05) is 32.0 Å². The maximum absolute atomic E-state index is 12.1. The van der Waals surface area contributed by atoms with Crippen LogP contribution in [0.3, 0.4) is 0 Å². The molecule has 0 heterocycles. The van der Waals surface area contributed by atoms with Gasteiger partial charge in [-0.05, 0) is 12.3 Å². The predicted octanol–water partition coefficient (Wildman–Crippen LogP) is 1.42. The summed E-state index contributed by atoms with van der Waals surface area (Å²) >= 11 is 0. The quantitative estimate of drug-likeness (QED) is 0.557. The third-order valence-corrected chi connectivity index (χ3v) is 4.46. The summed E-state index contributed by atoms with van der Waals surface area (Å²) in [5.41, 5.74) is -0.0763. The molecule has 1 unspecified atom stereocenters. The van der Waals surface area contributed by atoms with Crippen LogP contribution in [0.1, 0.15) is 25.8 Å². The first kappa shape index (κ1) is 17.5. The topological polar surface area (TPSA) is 110 Å². The predicted molar refractivity (Wildman–Crippen MR) is 79.2 cm³/mol. The van der Waals surface area contributed by atoms with Crippen LogP contribution in [-0.2, 0) is 15.8 Å². The molecule has 0 bridgehead atoms. The molecule has 0 fully saturated rings. The summed E-state index contributed by atoms with van der Waals surface area (Å²) in [7, 11) is -3.72. The van der Waals surface area contributed by atoms with Crippen LogP contribution in [0, 0.1) is 16.0 Å². The van der Waals surface area contributed by atoms with E-state index in [1.807, 2.05) is 13.8 Å². The van der Waals surface area contributed by atoms with Crippen molar-refractivity contribution in [1.29, 1.82) is 0 Å². The second-order valence-electron chi connectivity index (χ2n) is 5.13. The zero-order valence-electron chi connectivity index (χ0n) is 12.0. The first-order valence-electron chi connectivity index (χ1n) is 6.60. The Kier molecular flexibility index (Phi) is 6.25. The Balaban J connectivity index is 2.93. The number of nitro groups is 1. The third kappa shape index (κ3) is 5.41. The number of nitro benzene ring substituents is 1. The van der Waals surface area contributed by atoms with Gasteiger partial charge in [-0.25, -0.2) is 13.1 Å². The molecule has 0 amide bonds. The Labute approximate surface area is 124 Å². The number of rotatable bonds is 8. The average molecular weight is 316 g/mol. The van der Waals surface area contributed by atoms with Gasteiger partial charge in [0, 0.05) is 24.3 Å². The number of sulfonamides is 1. The number of hydrogen-bond donors (Lipinski definition) is 2. The van der Waals surface area contributed by atoms with Crippen LogP contribution < -0.4 is 4.72 Å². The summed E-state index contributed by atoms with van der Waals surface area (Å²) in [6.45, 7) is 3.55. The Morgan fingerprint density at radius 2 is 1.95 bits per heavy atom. The molecule has 1 rings (SSSR count). The SMILES string of the molecule is CC(C)C(CCO)NS(=O)(=O)Cc1ccccc1[N+](=O)[O-]. The van der Waals surface area contributed by atoms with Crippen LogP contribution in [-0.4, -0.2) is 31.1 Å². The fraction of sp³-hybridized carbons (Fsp3) is 0.538. The van der Waals surface area contributed by atoms with Gasteiger partial charge in [-0.15, -0.1) is 0 Å². The first-order chi connectivity index (χ1) is 9.76. The Hall–Kier alpha value is -1.51. The molecule has 0 spiro atoms. The highest BCUT2D eigenvalue weighted by molar-refractivity contribution is 7.88. The highest BCUT2D eigenvalue weighted by Crippen LogP contribution is 2.20. The summed E-state index contributed by atoms with van der Waals surface area (Å²) < 4.78 is 26.8. The Bertz CT molecular complexity index is 586. The molecule has 118 valence electrons. The van der Waals surface area contributed by atoms with E-state index >= 15 is 0 Å². The molecule has 0 aliphatic heterocycles. The molecule has 7 nitrogen and oxygen atoms in total. The maximum atomic E-state index is 12.1. The lowest BCUT2D eigenvalue weighted by molar-refractivity contribution is -0.385. The van der Waals surface area contributed by atoms with E-state index in [2.05, 4.69) is 4.72 Å². The standard InChI is InChI=1S/C13H20N2O5S/c1-10(2)12(7-8-16)14-21(19,20)9-11-5-3-4-6-13(11)15(17)18/h3-6,10,12,14,16H,7-9H2,1-2H3. The third-order valence-electron chi connectivity index (χ3n) is 3.11. The van der Waals surface area contributed by atoms with Crippen LogP contribution in [0.15, 0.2) is 24.3 Å². The minimum Gasteiger partial charge on any atom is -0.396 e. The monoisotopic (exact) mass is 316 g/mol. The van der Waals surface area contributed by atoms with E-state index in [9.17, 15) is 18.5 Å². The van der Waals surface area contributed by atoms with Crippen molar-refractivity contribution < 1.29 is 18.4 Å². The molecular formula is C13H20N2O5S. The van der Waals surface area contributed by atoms with E-state index < -0.39 is 26.7 Å². The van der Waals surface area contributed by atoms with Crippen LogP contribution in [0.2, 0.25) is 0 Å². The molecule has 1 atom stereocenters. The normalized spacial score (nSPS) is 13.3. The molecule has 2 N–H and O–H groups in total. The van der Waals surface area contributed by atoms with Gasteiger partial charge in [0.15, 0.2) is 0 Å². The van der Waals surface area contributed by atoms with Gasteiger partial charge in [0.05, 0.1) is 10.7 Å². The van der Waals surface area contributed by atoms with Crippen molar-refractivity contribution in [1.82, 2.24) is 4.72 Å². The van der Waals surface area contributed by atoms with Crippen molar-refractivity contribution >= 4 is 15.7 Å². The van der Waals surface area contributed by atoms with Crippen molar-refractivity contribution in [2.75, 3.05) is 6.61 Å². The molecule has 21 heavy (non-hydrogen) atoms. The van der Waals surface area contributed by atoms with E-state index in [-0.39, 0.29) is 23.8 Å². The zero-order chi connectivity index (χ0) is 16.0. The number of nitrogens with zero attached hydrogens (tertiary/aromatic N) is 1. The van der Waals surface area contributed by atoms with Crippen molar-refractivity contribution in [3.63, 3.8) is 0 Å². The molecular weight excluding hydrogens is 296 g/mol. The van der Waals surface area contributed by atoms with E-state index in [1.165, 1.54) is 18.2 Å². The minimum absolute atomic E-state index is 0.0117. The van der Waals surface area contributed by atoms with Crippen molar-refractivity contribution in [3.8, 4) is 0 Å². The summed E-state index contributed by atoms with van der Waals surface area (Å²) in [6, 6.07) is 5.35. The van der Waals surface area contributed by atoms with E-state index in [4.69, 9.17) is 5.11 Å². The Morgan fingerprint density at radius 3 is 2.48 bits per heavy atom. The maximum Gasteiger partial charge on any atom is 0.273 e. The number of nitrogens with one attached hydrogen (secondary N) is 1. The van der Waals surface area contributed by atoms with Gasteiger partial charge in [0.1, 0.15) is 0 Å². The smallest absolute Gasteiger partial charge is 0.273 e. The van der Waals surface area contributed by atoms with E-state index in [1.54, 1.807) is 6.07 Å². The first-order valence-corrected chi connectivity index (χ1v) is 8.25. The summed E-state index contributed by atoms with van der Waals surface area (Å²) in [5.74, 6) is -0.448. The second kappa shape index (κ2) is 7.48. The van der Waals surface area contributed by atoms with E-state index in [0.29, 0.717) is 6.42 Å². The molecule has 0 aromatic heterocycles. The lowest BCUT2D eigenvalue weighted by atomic mass is 10.0. The van der Waals surface area contributed by atoms with Crippen LogP contribution in [0.25, 0.3) is 0 Å². The number of aliphatic hydroxyl groups is 1. The van der Waals surface area contributed by atoms with Gasteiger partial charge in [0.25, 0.3) is 5.69 Å². The summed E-state index contributed by atoms with van der Waals surface area (Å²) in [6.07, 6.45) is 0.299. The zero-order valence-corrected chi connectivity index (χ0v) is 12.8. The van der Waals surface area contributed by atoms with Gasteiger partial charge in [0.2, 0.25) is 10.0 Å². The molecule has 1 aromatic carbocycles. The lowest BCUT2D eigenvalue weighted by Crippen LogP contribution is -2.39. The lowest BCUT2D eigenvalue weighted by Gasteiger charge is -2.21. The summed E-state index contributed by atoms with van der Waals surface area (Å²) in [5, 5.41) is 19.9. The van der Waals surface area contributed by atoms with Crippen molar-refractivity contribution in [3.05, 3.63) is 39.9 Å². The second-order valence-corrected chi connectivity index (χ2v) is 6.88. The molecule has 0 aliphatic carbocycles. The fourth-order valence-corrected chi connectivity index (χ4v) is 3.54. The number of hydrogen-bond acceptors (Lipinski definition) is 5. The largest absolute Gasteiger partial charge is 0.396 e. The molecule has 1 aromatic rings. The van der Waals surface area contributed by atoms with Crippen LogP contribution in [0.5, 0.6) is 0 Å². The van der Waals surface area contributed by atoms with E-state index in [0.717, 1.165) is 0 Å². The molecule has 0 radical (unpaired) electrons. The fourth-order valence-electron chi connectivity index (χ4n) is 1.96. The van der Waals surface area contributed by atoms with Crippen LogP contribution >= 0.6 is 0 Å². The molecule has 8 heteroatoms. The van der Waals surface area contributed by atoms with Gasteiger partial charge >= 0.3 is 0 Å². The number of aliphatic hydroxyl groups excluding tert-OH is 1. The molecule has 0 aliphatic rings. The van der Waals surface area contributed by atoms with Crippen molar-refractivity contribution in [2.45, 2.75) is 32.1 Å². The number of para-hydroxylation sites is 1. The Morgan fingerprint density at radius 1 is 1.33 bits per heavy atom. The van der Waals surface area contributed by atoms with Gasteiger partial charge in [-0.3, -0.25) is 10.1 Å². The summed E-state index contributed by atoms with van der Waals surface area (Å²) in [4.78, 5) is 10.3. The average Bonchev–Trinajstić information content (AvgIpc) is 2.37. The molecule has 0 saturated heterocycles.